The molecule has 0 aliphatic heterocycles. The average Bonchev–Trinajstić information content (AvgIpc) is 3.03. The van der Waals surface area contributed by atoms with Gasteiger partial charge in [0.1, 0.15) is 0 Å². The van der Waals surface area contributed by atoms with Gasteiger partial charge in [-0.2, -0.15) is 18.2 Å². The first-order valence-electron chi connectivity index (χ1n) is 6.60. The molecule has 0 fully saturated rings. The molecule has 6 nitrogen and oxygen atoms in total. The Morgan fingerprint density at radius 1 is 1.25 bits per heavy atom. The van der Waals surface area contributed by atoms with Crippen LogP contribution >= 0.6 is 0 Å². The molecule has 24 heavy (non-hydrogen) atoms. The van der Waals surface area contributed by atoms with Gasteiger partial charge in [0.15, 0.2) is 0 Å². The maximum absolute atomic E-state index is 12.4. The Morgan fingerprint density at radius 2 is 1.92 bits per heavy atom. The van der Waals surface area contributed by atoms with Gasteiger partial charge >= 0.3 is 12.1 Å². The van der Waals surface area contributed by atoms with Crippen molar-refractivity contribution >= 4 is 17.4 Å². The second kappa shape index (κ2) is 6.95. The van der Waals surface area contributed by atoms with Crippen LogP contribution in [0.5, 0.6) is 0 Å². The van der Waals surface area contributed by atoms with E-state index in [-0.39, 0.29) is 29.9 Å². The lowest BCUT2D eigenvalue weighted by Crippen LogP contribution is -2.22. The molecule has 0 aliphatic rings. The number of anilines is 1. The number of hydrogen-bond donors (Lipinski definition) is 1. The number of amides is 1. The Morgan fingerprint density at radius 3 is 2.46 bits per heavy atom. The molecule has 124 valence electrons. The minimum Gasteiger partial charge on any atom is -0.329 e. The number of nitrogens with one attached hydrogen (secondary N) is 1. The van der Waals surface area contributed by atoms with Gasteiger partial charge in [0.05, 0.1) is 0 Å². The van der Waals surface area contributed by atoms with Crippen molar-refractivity contribution in [2.75, 3.05) is 5.32 Å². The lowest BCUT2D eigenvalue weighted by atomic mass is 10.2. The fourth-order valence-corrected chi connectivity index (χ4v) is 1.66. The molecule has 0 bridgehead atoms. The summed E-state index contributed by atoms with van der Waals surface area (Å²) in [6, 6.07) is 5.55. The van der Waals surface area contributed by atoms with Crippen molar-refractivity contribution in [3.8, 4) is 23.7 Å². The van der Waals surface area contributed by atoms with E-state index >= 15 is 0 Å². The van der Waals surface area contributed by atoms with Gasteiger partial charge in [-0.1, -0.05) is 5.16 Å². The predicted octanol–water partition coefficient (Wildman–Crippen LogP) is 2.68. The average molecular weight is 337 g/mol. The number of halogens is 3. The maximum atomic E-state index is 12.4. The Hall–Kier alpha value is -3.15. The zero-order valence-corrected chi connectivity index (χ0v) is 12.1. The smallest absolute Gasteiger partial charge is 0.329 e. The van der Waals surface area contributed by atoms with E-state index in [0.717, 1.165) is 0 Å². The maximum Gasteiger partial charge on any atom is 0.471 e. The summed E-state index contributed by atoms with van der Waals surface area (Å²) in [6.45, 7) is 0. The van der Waals surface area contributed by atoms with Gasteiger partial charge < -0.3 is 9.84 Å². The van der Waals surface area contributed by atoms with Gasteiger partial charge in [-0.15, -0.1) is 12.3 Å². The van der Waals surface area contributed by atoms with Crippen molar-refractivity contribution in [2.45, 2.75) is 19.0 Å². The van der Waals surface area contributed by atoms with E-state index in [1.165, 1.54) is 24.3 Å². The lowest BCUT2D eigenvalue weighted by Gasteiger charge is -2.04. The van der Waals surface area contributed by atoms with Crippen LogP contribution in [0.1, 0.15) is 18.7 Å². The summed E-state index contributed by atoms with van der Waals surface area (Å²) in [7, 11) is 0. The first-order valence-corrected chi connectivity index (χ1v) is 6.60. The van der Waals surface area contributed by atoms with Crippen molar-refractivity contribution in [1.82, 2.24) is 10.1 Å². The third kappa shape index (κ3) is 4.19. The van der Waals surface area contributed by atoms with Crippen LogP contribution in [0.4, 0.5) is 18.9 Å². The molecule has 0 spiro atoms. The zero-order valence-electron chi connectivity index (χ0n) is 12.1. The number of carbonyl (C=O) groups excluding carboxylic acids is 2. The fourth-order valence-electron chi connectivity index (χ4n) is 1.66. The molecular formula is C15H10F3N3O3. The summed E-state index contributed by atoms with van der Waals surface area (Å²) in [5.74, 6) is -0.928. The molecule has 0 saturated carbocycles. The van der Waals surface area contributed by atoms with E-state index in [1.54, 1.807) is 0 Å². The second-order valence-corrected chi connectivity index (χ2v) is 4.58. The van der Waals surface area contributed by atoms with Crippen LogP contribution in [-0.4, -0.2) is 21.8 Å². The molecule has 0 radical (unpaired) electrons. The number of terminal acetylenes is 1. The van der Waals surface area contributed by atoms with Crippen molar-refractivity contribution in [3.05, 3.63) is 30.2 Å². The van der Waals surface area contributed by atoms with Crippen molar-refractivity contribution in [1.29, 1.82) is 0 Å². The van der Waals surface area contributed by atoms with Gasteiger partial charge in [0.2, 0.25) is 11.6 Å². The number of carbonyl (C=O) groups is 2. The van der Waals surface area contributed by atoms with Crippen LogP contribution in [-0.2, 0) is 15.8 Å². The summed E-state index contributed by atoms with van der Waals surface area (Å²) in [6.07, 6.45) is 0.373. The zero-order chi connectivity index (χ0) is 17.7. The molecule has 2 aromatic rings. The summed E-state index contributed by atoms with van der Waals surface area (Å²) < 4.78 is 41.3. The highest BCUT2D eigenvalue weighted by molar-refractivity contribution is 6.40. The molecular weight excluding hydrogens is 327 g/mol. The molecule has 1 amide bonds. The van der Waals surface area contributed by atoms with Crippen molar-refractivity contribution in [2.24, 2.45) is 0 Å². The standard InChI is InChI=1S/C15H10F3N3O3/c1-2-3-4-11(22)13(23)19-10-7-5-9(6-8-10)12-20-14(24-21-12)15(16,17)18/h1,5-8H,3-4H2,(H,19,23). The number of Topliss-reactive ketones (excluding diaryl/α,β-unsaturated/α-hetero) is 1. The molecule has 9 heteroatoms. The second-order valence-electron chi connectivity index (χ2n) is 4.58. The largest absolute Gasteiger partial charge is 0.471 e. The molecule has 1 N–H and O–H groups in total. The topological polar surface area (TPSA) is 85.1 Å². The fraction of sp³-hybridized carbons (Fsp3) is 0.200. The highest BCUT2D eigenvalue weighted by atomic mass is 19.4. The number of hydrogen-bond acceptors (Lipinski definition) is 5. The first kappa shape index (κ1) is 17.2. The quantitative estimate of drug-likeness (QED) is 0.670. The van der Waals surface area contributed by atoms with Gasteiger partial charge in [0.25, 0.3) is 5.91 Å². The van der Waals surface area contributed by atoms with Crippen LogP contribution in [0.25, 0.3) is 11.4 Å². The monoisotopic (exact) mass is 337 g/mol. The highest BCUT2D eigenvalue weighted by Gasteiger charge is 2.38. The molecule has 1 aromatic heterocycles. The Labute approximate surface area is 134 Å². The molecule has 1 aromatic carbocycles. The van der Waals surface area contributed by atoms with Crippen LogP contribution < -0.4 is 5.32 Å². The van der Waals surface area contributed by atoms with Gasteiger partial charge in [-0.25, -0.2) is 0 Å². The Balaban J connectivity index is 2.06. The normalized spacial score (nSPS) is 10.9. The Kier molecular flexibility index (Phi) is 4.99. The summed E-state index contributed by atoms with van der Waals surface area (Å²) in [5, 5.41) is 5.60. The third-order valence-electron chi connectivity index (χ3n) is 2.82. The number of aromatic nitrogens is 2. The van der Waals surface area contributed by atoms with Gasteiger partial charge in [-0.05, 0) is 24.3 Å². The van der Waals surface area contributed by atoms with E-state index in [9.17, 15) is 22.8 Å². The van der Waals surface area contributed by atoms with Crippen LogP contribution in [0, 0.1) is 12.3 Å². The minimum absolute atomic E-state index is 0.0660. The SMILES string of the molecule is C#CCCC(=O)C(=O)Nc1ccc(-c2noc(C(F)(F)F)n2)cc1. The van der Waals surface area contributed by atoms with E-state index in [0.29, 0.717) is 0 Å². The van der Waals surface area contributed by atoms with Crippen molar-refractivity contribution in [3.63, 3.8) is 0 Å². The molecule has 2 rings (SSSR count). The molecule has 1 heterocycles. The molecule has 0 aliphatic carbocycles. The Bertz CT molecular complexity index is 789. The number of rotatable bonds is 5. The van der Waals surface area contributed by atoms with Crippen molar-refractivity contribution < 1.29 is 27.3 Å². The number of alkyl halides is 3. The lowest BCUT2D eigenvalue weighted by molar-refractivity contribution is -0.159. The van der Waals surface area contributed by atoms with E-state index in [1.807, 2.05) is 0 Å². The van der Waals surface area contributed by atoms with Crippen LogP contribution in [0.2, 0.25) is 0 Å². The van der Waals surface area contributed by atoms with E-state index in [2.05, 4.69) is 25.9 Å². The van der Waals surface area contributed by atoms with Crippen LogP contribution in [0.15, 0.2) is 28.8 Å². The molecule has 0 unspecified atom stereocenters. The van der Waals surface area contributed by atoms with Gasteiger partial charge in [0, 0.05) is 24.1 Å². The number of ketones is 1. The van der Waals surface area contributed by atoms with Crippen LogP contribution in [0.3, 0.4) is 0 Å². The predicted molar refractivity (Wildman–Crippen MR) is 76.4 cm³/mol. The minimum atomic E-state index is -4.72. The summed E-state index contributed by atoms with van der Waals surface area (Å²) in [4.78, 5) is 26.3. The third-order valence-corrected chi connectivity index (χ3v) is 2.82. The molecule has 0 atom stereocenters. The molecule has 0 saturated heterocycles. The summed E-state index contributed by atoms with van der Waals surface area (Å²) >= 11 is 0. The number of benzene rings is 1. The van der Waals surface area contributed by atoms with E-state index in [4.69, 9.17) is 6.42 Å². The highest BCUT2D eigenvalue weighted by Crippen LogP contribution is 2.29. The van der Waals surface area contributed by atoms with E-state index < -0.39 is 23.8 Å². The summed E-state index contributed by atoms with van der Waals surface area (Å²) in [5.41, 5.74) is 0.545. The first-order chi connectivity index (χ1) is 11.3. The van der Waals surface area contributed by atoms with Gasteiger partial charge in [-0.3, -0.25) is 9.59 Å². The number of nitrogens with zero attached hydrogens (tertiary/aromatic N) is 2.